The van der Waals surface area contributed by atoms with E-state index in [1.165, 1.54) is 78.4 Å². The van der Waals surface area contributed by atoms with Crippen molar-refractivity contribution in [1.82, 2.24) is 14.9 Å². The van der Waals surface area contributed by atoms with Gasteiger partial charge in [-0.25, -0.2) is 35.2 Å². The fraction of sp³-hybridized carbons (Fsp3) is 0.271. The summed E-state index contributed by atoms with van der Waals surface area (Å²) in [4.78, 5) is 73.3. The standard InChI is InChI=1S/C24H21ClN4O3S2.C23H23Cl2N5O3S2.C23H23N5O4S2.5H2/c25-18-3-8-21-16(14-18)2-1-11-29(21)22-9-12-28(24(22)30)19-4-6-20(7-5-19)34(31,32)27-23-17(15-26)10-13-33-23;24-18-2-1-3-19(21(18)25)28-11-13-29(14-12-28)20-8-10-30(22(20)31)16-4-6-17(7-5-16)35(32,33)27-23-26-9-15-34-23;1-15(29)25-17-2-7-20-16(14-17)8-11-28(20)21-9-12-27(22(21)30)18-3-5-19(6-4-18)34(31,32)26-23-24-10-13-33-23;;;;;/h3-8,10,13-14,22,27H,1-2,9,11-12H2;1-7,9,15,20H,8,10-14H2,(H,26,27);2-7,10,13-14,21H,8-9,11-12H2,1H3,(H,24,26)(H,25,29);5*1H/t22-;20-;21-;;;;;/m000...../s1. The first-order valence-electron chi connectivity index (χ1n) is 32.8. The van der Waals surface area contributed by atoms with Gasteiger partial charge < -0.3 is 34.7 Å². The number of nitrogens with one attached hydrogen (secondary N) is 4. The van der Waals surface area contributed by atoms with Crippen molar-refractivity contribution in [2.75, 3.05) is 108 Å². The lowest BCUT2D eigenvalue weighted by atomic mass is 9.99. The molecule has 4 fully saturated rings. The largest absolute Gasteiger partial charge is 0.368 e. The van der Waals surface area contributed by atoms with Crippen LogP contribution in [0.15, 0.2) is 177 Å². The number of amides is 4. The molecule has 6 aliphatic heterocycles. The predicted molar refractivity (Wildman–Crippen MR) is 417 cm³/mol. The highest BCUT2D eigenvalue weighted by atomic mass is 35.5. The number of sulfonamides is 3. The summed E-state index contributed by atoms with van der Waals surface area (Å²) < 4.78 is 83.2. The van der Waals surface area contributed by atoms with Crippen LogP contribution in [0.1, 0.15) is 56.4 Å². The number of carbonyl (C=O) groups excluding carboxylic acids is 4. The number of piperazine rings is 1. The van der Waals surface area contributed by atoms with Crippen LogP contribution >= 0.6 is 68.8 Å². The van der Waals surface area contributed by atoms with E-state index in [1.54, 1.807) is 79.4 Å². The van der Waals surface area contributed by atoms with Gasteiger partial charge in [0.15, 0.2) is 10.3 Å². The number of fused-ring (bicyclic) bond motifs is 2. The van der Waals surface area contributed by atoms with Crippen molar-refractivity contribution in [2.45, 2.75) is 78.3 Å². The molecule has 24 nitrogen and oxygen atoms in total. The molecule has 103 heavy (non-hydrogen) atoms. The van der Waals surface area contributed by atoms with Crippen LogP contribution in [-0.4, -0.2) is 141 Å². The smallest absolute Gasteiger partial charge is 0.263 e. The molecule has 3 atom stereocenters. The lowest BCUT2D eigenvalue weighted by Gasteiger charge is -2.38. The van der Waals surface area contributed by atoms with Crippen LogP contribution in [-0.2, 0) is 62.1 Å². The summed E-state index contributed by atoms with van der Waals surface area (Å²) in [5.41, 5.74) is 8.32. The zero-order valence-corrected chi connectivity index (χ0v) is 62.2. The number of benzene rings is 6. The Morgan fingerprint density at radius 1 is 0.534 bits per heavy atom. The van der Waals surface area contributed by atoms with Gasteiger partial charge in [-0.1, -0.05) is 40.9 Å². The molecular weight excluding hydrogens is 1500 g/mol. The second-order valence-corrected chi connectivity index (χ2v) is 33.7. The number of nitriles is 1. The van der Waals surface area contributed by atoms with Gasteiger partial charge in [-0.3, -0.25) is 38.2 Å². The Labute approximate surface area is 630 Å². The van der Waals surface area contributed by atoms with Gasteiger partial charge in [-0.2, -0.15) is 5.26 Å². The fourth-order valence-electron chi connectivity index (χ4n) is 13.6. The van der Waals surface area contributed by atoms with Crippen LogP contribution in [0.2, 0.25) is 15.1 Å². The van der Waals surface area contributed by atoms with E-state index in [1.807, 2.05) is 54.6 Å². The van der Waals surface area contributed by atoms with Gasteiger partial charge in [0.05, 0.1) is 42.0 Å². The maximum atomic E-state index is 13.3. The van der Waals surface area contributed by atoms with Crippen molar-refractivity contribution in [3.8, 4) is 6.07 Å². The number of thiazole rings is 2. The molecule has 0 unspecified atom stereocenters. The number of hydrogen-bond donors (Lipinski definition) is 4. The number of carbonyl (C=O) groups is 4. The van der Waals surface area contributed by atoms with E-state index in [2.05, 4.69) is 49.1 Å². The Morgan fingerprint density at radius 2 is 1.03 bits per heavy atom. The molecule has 4 amide bonds. The molecule has 6 aliphatic rings. The van der Waals surface area contributed by atoms with Crippen molar-refractivity contribution in [1.29, 1.82) is 5.26 Å². The third kappa shape index (κ3) is 16.0. The van der Waals surface area contributed by atoms with E-state index in [0.29, 0.717) is 74.9 Å². The van der Waals surface area contributed by atoms with E-state index in [-0.39, 0.29) is 74.1 Å². The number of halogens is 3. The van der Waals surface area contributed by atoms with E-state index >= 15 is 0 Å². The highest BCUT2D eigenvalue weighted by Gasteiger charge is 2.42. The molecule has 6 aromatic carbocycles. The monoisotopic (exact) mass is 1570 g/mol. The number of nitrogens with zero attached hydrogens (tertiary/aromatic N) is 10. The van der Waals surface area contributed by atoms with Gasteiger partial charge in [0, 0.05) is 135 Å². The Hall–Kier alpha value is -8.87. The van der Waals surface area contributed by atoms with Gasteiger partial charge in [0.1, 0.15) is 23.2 Å². The highest BCUT2D eigenvalue weighted by Crippen LogP contribution is 2.40. The van der Waals surface area contributed by atoms with Crippen LogP contribution in [0.3, 0.4) is 0 Å². The average Bonchev–Trinajstić information content (AvgIpc) is 1.61. The maximum Gasteiger partial charge on any atom is 0.263 e. The molecule has 0 saturated carbocycles. The molecule has 0 radical (unpaired) electrons. The molecule has 0 spiro atoms. The molecule has 9 heterocycles. The van der Waals surface area contributed by atoms with Crippen molar-refractivity contribution in [2.24, 2.45) is 0 Å². The zero-order valence-electron chi connectivity index (χ0n) is 55.1. The van der Waals surface area contributed by atoms with Crippen LogP contribution in [0, 0.1) is 11.3 Å². The van der Waals surface area contributed by atoms with E-state index < -0.39 is 30.1 Å². The summed E-state index contributed by atoms with van der Waals surface area (Å²) in [6.07, 6.45) is 7.88. The fourth-order valence-corrected chi connectivity index (χ4v) is 19.9. The van der Waals surface area contributed by atoms with Crippen molar-refractivity contribution >= 4 is 178 Å². The lowest BCUT2D eigenvalue weighted by Crippen LogP contribution is -2.52. The zero-order chi connectivity index (χ0) is 72.3. The summed E-state index contributed by atoms with van der Waals surface area (Å²) >= 11 is 22.3. The number of rotatable bonds is 17. The third-order valence-electron chi connectivity index (χ3n) is 18.5. The molecule has 0 bridgehead atoms. The van der Waals surface area contributed by atoms with Gasteiger partial charge >= 0.3 is 0 Å². The Morgan fingerprint density at radius 3 is 1.54 bits per heavy atom. The molecule has 4 saturated heterocycles. The number of hydrogen-bond acceptors (Lipinski definition) is 20. The van der Waals surface area contributed by atoms with E-state index in [4.69, 9.17) is 40.1 Å². The number of thiophene rings is 1. The molecule has 33 heteroatoms. The normalized spacial score (nSPS) is 18.4. The van der Waals surface area contributed by atoms with Crippen LogP contribution in [0.4, 0.5) is 55.1 Å². The summed E-state index contributed by atoms with van der Waals surface area (Å²) in [5.74, 6) is -0.0750. The third-order valence-corrected chi connectivity index (χ3v) is 26.2. The SMILES string of the molecule is CC(=O)Nc1ccc2c(c1)CCN2[C@H]1CCN(c2ccc(S(=O)(=O)Nc3nccs3)cc2)C1=O.N#Cc1ccsc1NS(=O)(=O)c1ccc(N2CC[C@H](N3CCCc4cc(Cl)ccc43)C2=O)cc1.O=C1[C@@H](N2CCN(c3cccc(Cl)c3Cl)CC2)CCN1c1ccc(S(=O)(=O)Nc2nccs2)cc1.[HH].[HH].[HH].[HH].[HH]. The van der Waals surface area contributed by atoms with Gasteiger partial charge in [-0.05, 0) is 182 Å². The number of aryl methyl sites for hydroxylation is 1. The molecule has 544 valence electrons. The van der Waals surface area contributed by atoms with Crippen LogP contribution in [0.25, 0.3) is 0 Å². The van der Waals surface area contributed by atoms with Gasteiger partial charge in [0.25, 0.3) is 30.1 Å². The Kier molecular flexibility index (Phi) is 21.7. The van der Waals surface area contributed by atoms with E-state index in [9.17, 15) is 44.4 Å². The highest BCUT2D eigenvalue weighted by molar-refractivity contribution is 7.93. The number of anilines is 10. The predicted octanol–water partition coefficient (Wildman–Crippen LogP) is 13.1. The lowest BCUT2D eigenvalue weighted by molar-refractivity contribution is -0.122. The second kappa shape index (κ2) is 30.8. The summed E-state index contributed by atoms with van der Waals surface area (Å²) in [7, 11) is -11.3. The second-order valence-electron chi connectivity index (χ2n) is 24.8. The minimum Gasteiger partial charge on any atom is -0.368 e. The molecular formula is C70H77Cl3N14O10S6. The van der Waals surface area contributed by atoms with Crippen LogP contribution in [0.5, 0.6) is 0 Å². The molecule has 4 N–H and O–H groups in total. The summed E-state index contributed by atoms with van der Waals surface area (Å²) in [6.45, 7) is 7.73. The van der Waals surface area contributed by atoms with Gasteiger partial charge in [-0.15, -0.1) is 34.0 Å². The minimum absolute atomic E-state index is 0. The first-order valence-corrected chi connectivity index (χ1v) is 41.0. The first-order chi connectivity index (χ1) is 49.5. The Balaban J connectivity index is 0.000000199. The Bertz CT molecular complexity index is 5080. The summed E-state index contributed by atoms with van der Waals surface area (Å²) in [5, 5.41) is 19.6. The van der Waals surface area contributed by atoms with Crippen molar-refractivity contribution in [3.05, 3.63) is 194 Å². The maximum absolute atomic E-state index is 13.3. The first kappa shape index (κ1) is 72.5. The quantitative estimate of drug-likeness (QED) is 0.0659. The van der Waals surface area contributed by atoms with E-state index in [0.717, 1.165) is 110 Å². The van der Waals surface area contributed by atoms with Crippen molar-refractivity contribution in [3.63, 3.8) is 0 Å². The topological polar surface area (TPSA) is 291 Å². The van der Waals surface area contributed by atoms with Gasteiger partial charge in [0.2, 0.25) is 23.6 Å². The molecule has 0 aliphatic carbocycles. The number of aromatic nitrogens is 2. The van der Waals surface area contributed by atoms with Crippen LogP contribution < -0.4 is 48.9 Å². The molecule has 9 aromatic rings. The molecule has 15 rings (SSSR count). The van der Waals surface area contributed by atoms with Crippen molar-refractivity contribution < 1.29 is 51.6 Å². The summed E-state index contributed by atoms with van der Waals surface area (Å²) in [6, 6.07) is 39.0. The molecule has 3 aromatic heterocycles. The average molecular weight is 1570 g/mol. The minimum atomic E-state index is -3.85.